The minimum Gasteiger partial charge on any atom is -0.506 e. The van der Waals surface area contributed by atoms with Gasteiger partial charge in [-0.1, -0.05) is 15.9 Å². The van der Waals surface area contributed by atoms with Crippen LogP contribution in [0.15, 0.2) is 21.7 Å². The van der Waals surface area contributed by atoms with Crippen LogP contribution in [0.3, 0.4) is 0 Å². The van der Waals surface area contributed by atoms with Gasteiger partial charge in [0.05, 0.1) is 9.78 Å². The van der Waals surface area contributed by atoms with Gasteiger partial charge in [-0.15, -0.1) is 0 Å². The number of hydrogen-bond acceptors (Lipinski definition) is 4. The lowest BCUT2D eigenvalue weighted by molar-refractivity contribution is -0.115. The van der Waals surface area contributed by atoms with Crippen LogP contribution in [0.25, 0.3) is 0 Å². The fourth-order valence-corrected chi connectivity index (χ4v) is 2.42. The van der Waals surface area contributed by atoms with Crippen molar-refractivity contribution in [3.8, 4) is 11.8 Å². The summed E-state index contributed by atoms with van der Waals surface area (Å²) in [5.41, 5.74) is 2.43. The Morgan fingerprint density at radius 2 is 2.38 bits per heavy atom. The van der Waals surface area contributed by atoms with Crippen molar-refractivity contribution in [2.24, 2.45) is 5.10 Å². The first-order chi connectivity index (χ1) is 7.54. The van der Waals surface area contributed by atoms with Crippen LogP contribution in [0.5, 0.6) is 5.75 Å². The van der Waals surface area contributed by atoms with Crippen LogP contribution in [0.4, 0.5) is 0 Å². The monoisotopic (exact) mass is 393 g/mol. The topological polar surface area (TPSA) is 85.5 Å². The number of nitriles is 1. The normalized spacial score (nSPS) is 10.1. The van der Waals surface area contributed by atoms with E-state index >= 15 is 0 Å². The minimum absolute atomic E-state index is 0.0683. The first-order valence-electron chi connectivity index (χ1n) is 3.95. The van der Waals surface area contributed by atoms with Gasteiger partial charge in [0.25, 0.3) is 0 Å². The van der Waals surface area contributed by atoms with Crippen molar-refractivity contribution in [1.29, 1.82) is 5.26 Å². The van der Waals surface area contributed by atoms with E-state index in [0.717, 1.165) is 4.47 Å². The first kappa shape index (κ1) is 12.9. The van der Waals surface area contributed by atoms with Crippen molar-refractivity contribution in [1.82, 2.24) is 5.43 Å². The lowest BCUT2D eigenvalue weighted by atomic mass is 10.2. The first-order valence-corrected chi connectivity index (χ1v) is 5.83. The minimum atomic E-state index is -0.861. The largest absolute Gasteiger partial charge is 0.506 e. The van der Waals surface area contributed by atoms with Crippen LogP contribution in [0, 0.1) is 14.9 Å². The van der Waals surface area contributed by atoms with E-state index in [1.807, 2.05) is 28.0 Å². The maximum Gasteiger partial charge on any atom is 0.342 e. The van der Waals surface area contributed by atoms with Gasteiger partial charge < -0.3 is 5.11 Å². The molecule has 0 heterocycles. The molecular weight excluding hydrogens is 389 g/mol. The zero-order valence-electron chi connectivity index (χ0n) is 7.74. The highest BCUT2D eigenvalue weighted by molar-refractivity contribution is 14.1. The summed E-state index contributed by atoms with van der Waals surface area (Å²) in [5.74, 6) is -0.792. The molecule has 0 aromatic heterocycles. The molecule has 2 N–H and O–H groups in total. The summed E-state index contributed by atoms with van der Waals surface area (Å²) in [6, 6.07) is 4.73. The fourth-order valence-electron chi connectivity index (χ4n) is 0.870. The second-order valence-corrected chi connectivity index (χ2v) is 4.71. The molecule has 5 nitrogen and oxygen atoms in total. The zero-order valence-corrected chi connectivity index (χ0v) is 11.5. The third kappa shape index (κ3) is 3.46. The predicted octanol–water partition coefficient (Wildman–Crippen LogP) is 1.73. The number of carbonyl (C=O) groups is 1. The Morgan fingerprint density at radius 3 is 3.00 bits per heavy atom. The number of hydrogen-bond donors (Lipinski definition) is 2. The molecule has 0 radical (unpaired) electrons. The third-order valence-corrected chi connectivity index (χ3v) is 2.81. The van der Waals surface area contributed by atoms with E-state index in [1.165, 1.54) is 12.3 Å². The third-order valence-electron chi connectivity index (χ3n) is 1.53. The van der Waals surface area contributed by atoms with Crippen LogP contribution in [0.2, 0.25) is 0 Å². The number of nitrogens with zero attached hydrogens (tertiary/aromatic N) is 2. The van der Waals surface area contributed by atoms with Crippen LogP contribution >= 0.6 is 38.5 Å². The van der Waals surface area contributed by atoms with E-state index in [2.05, 4.69) is 21.0 Å². The maximum absolute atomic E-state index is 10.6. The maximum atomic E-state index is 10.6. The van der Waals surface area contributed by atoms with Crippen molar-refractivity contribution in [3.63, 3.8) is 0 Å². The van der Waals surface area contributed by atoms with Crippen LogP contribution in [-0.2, 0) is 4.79 Å². The molecule has 0 saturated heterocycles. The number of halogens is 2. The fraction of sp³-hybridized carbons (Fsp3) is 0. The van der Waals surface area contributed by atoms with Gasteiger partial charge in [-0.2, -0.15) is 10.4 Å². The SMILES string of the molecule is N#CC(=O)N/N=C\c1cc(Br)cc(I)c1O. The van der Waals surface area contributed by atoms with E-state index in [4.69, 9.17) is 5.26 Å². The summed E-state index contributed by atoms with van der Waals surface area (Å²) < 4.78 is 1.43. The number of rotatable bonds is 2. The van der Waals surface area contributed by atoms with Crippen molar-refractivity contribution in [2.75, 3.05) is 0 Å². The van der Waals surface area contributed by atoms with E-state index < -0.39 is 5.91 Å². The van der Waals surface area contributed by atoms with Crippen molar-refractivity contribution in [3.05, 3.63) is 25.7 Å². The Balaban J connectivity index is 2.90. The van der Waals surface area contributed by atoms with Crippen molar-refractivity contribution >= 4 is 50.6 Å². The van der Waals surface area contributed by atoms with Crippen molar-refractivity contribution < 1.29 is 9.90 Å². The lowest BCUT2D eigenvalue weighted by Gasteiger charge is -2.02. The molecular formula is C9H5BrIN3O2. The van der Waals surface area contributed by atoms with E-state index in [0.29, 0.717) is 9.13 Å². The number of aromatic hydroxyl groups is 1. The highest BCUT2D eigenvalue weighted by atomic mass is 127. The van der Waals surface area contributed by atoms with Gasteiger partial charge in [-0.25, -0.2) is 5.43 Å². The molecule has 0 aliphatic carbocycles. The smallest absolute Gasteiger partial charge is 0.342 e. The van der Waals surface area contributed by atoms with Crippen LogP contribution < -0.4 is 5.43 Å². The summed E-state index contributed by atoms with van der Waals surface area (Å²) in [6.07, 6.45) is 1.26. The predicted molar refractivity (Wildman–Crippen MR) is 69.9 cm³/mol. The van der Waals surface area contributed by atoms with Gasteiger partial charge >= 0.3 is 5.91 Å². The quantitative estimate of drug-likeness (QED) is 0.347. The molecule has 0 bridgehead atoms. The molecule has 0 fully saturated rings. The molecule has 82 valence electrons. The summed E-state index contributed by atoms with van der Waals surface area (Å²) in [4.78, 5) is 10.6. The Kier molecular flexibility index (Phi) is 4.70. The number of benzene rings is 1. The van der Waals surface area contributed by atoms with E-state index in [9.17, 15) is 9.90 Å². The van der Waals surface area contributed by atoms with E-state index in [1.54, 1.807) is 12.1 Å². The standard InChI is InChI=1S/C9H5BrIN3O2/c10-6-1-5(9(16)7(11)2-6)4-13-14-8(15)3-12/h1-2,4,16H,(H,14,15)/b13-4-. The average Bonchev–Trinajstić information content (AvgIpc) is 2.24. The number of nitrogens with one attached hydrogen (secondary N) is 1. The molecule has 1 amide bonds. The lowest BCUT2D eigenvalue weighted by Crippen LogP contribution is -2.14. The zero-order chi connectivity index (χ0) is 12.1. The molecule has 0 saturated carbocycles. The molecule has 1 rings (SSSR count). The molecule has 1 aromatic rings. The van der Waals surface area contributed by atoms with E-state index in [-0.39, 0.29) is 5.75 Å². The molecule has 7 heteroatoms. The Bertz CT molecular complexity index is 496. The number of carbonyl (C=O) groups excluding carboxylic acids is 1. The van der Waals surface area contributed by atoms with Crippen LogP contribution in [0.1, 0.15) is 5.56 Å². The average molecular weight is 394 g/mol. The number of phenols is 1. The summed E-state index contributed by atoms with van der Waals surface area (Å²) in [5, 5.41) is 21.4. The Labute approximate surface area is 113 Å². The number of hydrazone groups is 1. The number of phenolic OH excluding ortho intramolecular Hbond substituents is 1. The Hall–Kier alpha value is -1.14. The van der Waals surface area contributed by atoms with Gasteiger partial charge in [0, 0.05) is 10.0 Å². The second kappa shape index (κ2) is 5.81. The molecule has 16 heavy (non-hydrogen) atoms. The highest BCUT2D eigenvalue weighted by Gasteiger charge is 2.05. The molecule has 1 aromatic carbocycles. The molecule has 0 aliphatic heterocycles. The molecule has 0 atom stereocenters. The molecule has 0 spiro atoms. The summed E-state index contributed by atoms with van der Waals surface area (Å²) in [6.45, 7) is 0. The Morgan fingerprint density at radius 1 is 1.69 bits per heavy atom. The van der Waals surface area contributed by atoms with Crippen LogP contribution in [-0.4, -0.2) is 17.2 Å². The summed E-state index contributed by atoms with van der Waals surface area (Å²) >= 11 is 5.23. The van der Waals surface area contributed by atoms with Gasteiger partial charge in [0.1, 0.15) is 5.75 Å². The van der Waals surface area contributed by atoms with Gasteiger partial charge in [0.2, 0.25) is 0 Å². The van der Waals surface area contributed by atoms with Crippen molar-refractivity contribution in [2.45, 2.75) is 0 Å². The molecule has 0 unspecified atom stereocenters. The number of amides is 1. The summed E-state index contributed by atoms with van der Waals surface area (Å²) in [7, 11) is 0. The molecule has 0 aliphatic rings. The second-order valence-electron chi connectivity index (χ2n) is 2.64. The van der Waals surface area contributed by atoms with Gasteiger partial charge in [-0.3, -0.25) is 4.79 Å². The van der Waals surface area contributed by atoms with Gasteiger partial charge in [0.15, 0.2) is 6.07 Å². The highest BCUT2D eigenvalue weighted by Crippen LogP contribution is 2.27. The van der Waals surface area contributed by atoms with Gasteiger partial charge in [-0.05, 0) is 34.7 Å².